The summed E-state index contributed by atoms with van der Waals surface area (Å²) in [5, 5.41) is 28.2. The van der Waals surface area contributed by atoms with Crippen molar-refractivity contribution in [1.82, 2.24) is 4.90 Å². The van der Waals surface area contributed by atoms with E-state index in [9.17, 15) is 10.2 Å². The second-order valence-electron chi connectivity index (χ2n) is 7.26. The molecule has 1 saturated heterocycles. The lowest BCUT2D eigenvalue weighted by Gasteiger charge is -2.56. The van der Waals surface area contributed by atoms with Crippen LogP contribution in [0.5, 0.6) is 11.5 Å². The number of benzene rings is 1. The topological polar surface area (TPSA) is 76.7 Å². The van der Waals surface area contributed by atoms with Gasteiger partial charge in [0, 0.05) is 29.0 Å². The molecule has 0 unspecified atom stereocenters. The first-order valence-corrected chi connectivity index (χ1v) is 8.63. The van der Waals surface area contributed by atoms with E-state index >= 15 is 0 Å². The number of allylic oxidation sites excluding steroid dienone is 1. The van der Waals surface area contributed by atoms with Crippen LogP contribution in [-0.2, 0) is 11.8 Å². The molecule has 130 valence electrons. The predicted molar refractivity (Wildman–Crippen MR) is 93.4 cm³/mol. The van der Waals surface area contributed by atoms with Crippen LogP contribution in [0.25, 0.3) is 0 Å². The number of nitrogens with zero attached hydrogens (tertiary/aromatic N) is 2. The third kappa shape index (κ3) is 2.01. The van der Waals surface area contributed by atoms with Crippen LogP contribution >= 0.6 is 0 Å². The van der Waals surface area contributed by atoms with Gasteiger partial charge in [0.15, 0.2) is 11.5 Å². The molecule has 0 amide bonds. The lowest BCUT2D eigenvalue weighted by atomic mass is 9.53. The van der Waals surface area contributed by atoms with Gasteiger partial charge in [0.2, 0.25) is 0 Å². The van der Waals surface area contributed by atoms with Crippen LogP contribution in [0.4, 0.5) is 0 Å². The van der Waals surface area contributed by atoms with Crippen molar-refractivity contribution in [3.8, 4) is 17.6 Å². The summed E-state index contributed by atoms with van der Waals surface area (Å²) in [7, 11) is 2.19. The molecule has 25 heavy (non-hydrogen) atoms. The number of aliphatic hydroxyl groups excluding tert-OH is 1. The Morgan fingerprint density at radius 1 is 1.44 bits per heavy atom. The molecule has 0 aromatic heterocycles. The first-order chi connectivity index (χ1) is 12.0. The average Bonchev–Trinajstić information content (AvgIpc) is 2.98. The molecule has 5 atom stereocenters. The first kappa shape index (κ1) is 16.2. The zero-order chi connectivity index (χ0) is 17.8. The van der Waals surface area contributed by atoms with Crippen LogP contribution < -0.4 is 4.74 Å². The molecule has 1 fully saturated rings. The minimum absolute atomic E-state index is 0.160. The minimum atomic E-state index is -0.594. The predicted octanol–water partition coefficient (Wildman–Crippen LogP) is 1.89. The summed E-state index contributed by atoms with van der Waals surface area (Å²) in [5.74, 6) is 1.19. The van der Waals surface area contributed by atoms with Crippen LogP contribution in [0.2, 0.25) is 0 Å². The van der Waals surface area contributed by atoms with Crippen molar-refractivity contribution in [3.05, 3.63) is 48.1 Å². The summed E-state index contributed by atoms with van der Waals surface area (Å²) in [4.78, 5) is 2.43. The van der Waals surface area contributed by atoms with Gasteiger partial charge in [-0.05, 0) is 38.1 Å². The van der Waals surface area contributed by atoms with Gasteiger partial charge in [-0.1, -0.05) is 24.8 Å². The van der Waals surface area contributed by atoms with Crippen molar-refractivity contribution in [3.63, 3.8) is 0 Å². The molecule has 0 radical (unpaired) electrons. The van der Waals surface area contributed by atoms with Crippen molar-refractivity contribution in [2.75, 3.05) is 13.6 Å². The molecule has 0 saturated carbocycles. The number of likely N-dealkylation sites (N-methyl/N-ethyl adjacent to an activating group) is 1. The van der Waals surface area contributed by atoms with Crippen LogP contribution in [0.15, 0.2) is 36.9 Å². The van der Waals surface area contributed by atoms with Gasteiger partial charge in [-0.15, -0.1) is 0 Å². The molecular formula is C20H22N2O3. The first-order valence-electron chi connectivity index (χ1n) is 8.63. The van der Waals surface area contributed by atoms with Crippen LogP contribution in [0.1, 0.15) is 17.5 Å². The minimum Gasteiger partial charge on any atom is -0.504 e. The molecule has 5 nitrogen and oxygen atoms in total. The second kappa shape index (κ2) is 5.62. The molecule has 5 rings (SSSR count). The van der Waals surface area contributed by atoms with Crippen molar-refractivity contribution in [1.29, 1.82) is 5.26 Å². The molecule has 2 bridgehead atoms. The number of piperidine rings is 1. The highest BCUT2D eigenvalue weighted by Crippen LogP contribution is 2.62. The molecule has 1 aromatic rings. The standard InChI is InChI=1S/C17H19NO3.C3H3N/c1-18-7-6-17-10-3-5-13(20)16(17)21-15-12(19)4-2-9(14(15)17)8-11(10)18;1-2-3-4/h2-5,10-11,13,16,19-20H,6-8H2,1H3;2H,1H2/t10-,11+,13-,16-,17-;/m0./s1. The number of phenolic OH excluding ortho intramolecular Hbond substituents is 1. The van der Waals surface area contributed by atoms with E-state index < -0.39 is 6.10 Å². The van der Waals surface area contributed by atoms with Crippen LogP contribution in [-0.4, -0.2) is 47.0 Å². The number of hydrogen-bond donors (Lipinski definition) is 2. The lowest BCUT2D eigenvalue weighted by molar-refractivity contribution is -0.0453. The van der Waals surface area contributed by atoms with Gasteiger partial charge in [0.25, 0.3) is 0 Å². The molecule has 1 spiro atoms. The number of phenols is 1. The van der Waals surface area contributed by atoms with E-state index in [1.807, 2.05) is 12.1 Å². The number of aliphatic hydroxyl groups is 1. The maximum atomic E-state index is 10.4. The van der Waals surface area contributed by atoms with E-state index in [0.717, 1.165) is 19.4 Å². The Balaban J connectivity index is 0.000000358. The van der Waals surface area contributed by atoms with Gasteiger partial charge in [0.1, 0.15) is 12.2 Å². The quantitative estimate of drug-likeness (QED) is 0.558. The van der Waals surface area contributed by atoms with E-state index in [4.69, 9.17) is 10.00 Å². The maximum Gasteiger partial charge on any atom is 0.165 e. The van der Waals surface area contributed by atoms with Gasteiger partial charge in [-0.25, -0.2) is 0 Å². The van der Waals surface area contributed by atoms with Gasteiger partial charge < -0.3 is 19.8 Å². The molecular weight excluding hydrogens is 316 g/mol. The molecule has 2 N–H and O–H groups in total. The van der Waals surface area contributed by atoms with E-state index in [-0.39, 0.29) is 17.3 Å². The molecule has 2 aliphatic heterocycles. The SMILES string of the molecule is C=CC#N.CN1CC[C@]23c4c5ccc(O)c4O[C@H]2[C@@H](O)C=C[C@H]3[C@H]1C5. The van der Waals surface area contributed by atoms with Crippen molar-refractivity contribution < 1.29 is 14.9 Å². The van der Waals surface area contributed by atoms with E-state index in [1.54, 1.807) is 12.1 Å². The Morgan fingerprint density at radius 2 is 2.20 bits per heavy atom. The number of aromatic hydroxyl groups is 1. The Bertz CT molecular complexity index is 797. The Hall–Kier alpha value is -2.29. The van der Waals surface area contributed by atoms with Gasteiger partial charge in [-0.2, -0.15) is 5.26 Å². The fraction of sp³-hybridized carbons (Fsp3) is 0.450. The Kier molecular flexibility index (Phi) is 3.64. The molecule has 5 heteroatoms. The highest BCUT2D eigenvalue weighted by molar-refractivity contribution is 5.61. The van der Waals surface area contributed by atoms with Crippen LogP contribution in [0, 0.1) is 17.2 Å². The molecule has 2 heterocycles. The van der Waals surface area contributed by atoms with Gasteiger partial charge in [0.05, 0.1) is 6.07 Å². The zero-order valence-corrected chi connectivity index (χ0v) is 14.2. The smallest absolute Gasteiger partial charge is 0.165 e. The molecule has 4 aliphatic rings. The molecule has 1 aromatic carbocycles. The fourth-order valence-electron chi connectivity index (χ4n) is 5.24. The van der Waals surface area contributed by atoms with Crippen molar-refractivity contribution in [2.45, 2.75) is 36.5 Å². The Labute approximate surface area is 147 Å². The summed E-state index contributed by atoms with van der Waals surface area (Å²) in [6.07, 6.45) is 6.36. The van der Waals surface area contributed by atoms with Crippen molar-refractivity contribution in [2.24, 2.45) is 5.92 Å². The second-order valence-corrected chi connectivity index (χ2v) is 7.26. The summed E-state index contributed by atoms with van der Waals surface area (Å²) in [6, 6.07) is 5.92. The Morgan fingerprint density at radius 3 is 2.92 bits per heavy atom. The summed E-state index contributed by atoms with van der Waals surface area (Å²) in [6.45, 7) is 4.13. The normalized spacial score (nSPS) is 36.4. The summed E-state index contributed by atoms with van der Waals surface area (Å²) >= 11 is 0. The van der Waals surface area contributed by atoms with Gasteiger partial charge in [-0.3, -0.25) is 0 Å². The number of ether oxygens (including phenoxy) is 1. The number of likely N-dealkylation sites (tertiary alicyclic amines) is 1. The largest absolute Gasteiger partial charge is 0.504 e. The van der Waals surface area contributed by atoms with Crippen LogP contribution in [0.3, 0.4) is 0 Å². The average molecular weight is 338 g/mol. The number of hydrogen-bond acceptors (Lipinski definition) is 5. The summed E-state index contributed by atoms with van der Waals surface area (Å²) < 4.78 is 6.09. The lowest BCUT2D eigenvalue weighted by Crippen LogP contribution is -2.64. The fourth-order valence-corrected chi connectivity index (χ4v) is 5.24. The van der Waals surface area contributed by atoms with Gasteiger partial charge >= 0.3 is 0 Å². The summed E-state index contributed by atoms with van der Waals surface area (Å²) in [5.41, 5.74) is 2.29. The highest BCUT2D eigenvalue weighted by atomic mass is 16.5. The maximum absolute atomic E-state index is 10.4. The monoisotopic (exact) mass is 338 g/mol. The third-order valence-corrected chi connectivity index (χ3v) is 6.24. The van der Waals surface area contributed by atoms with E-state index in [1.165, 1.54) is 17.2 Å². The van der Waals surface area contributed by atoms with E-state index in [2.05, 4.69) is 24.6 Å². The number of nitriles is 1. The third-order valence-electron chi connectivity index (χ3n) is 6.24. The number of rotatable bonds is 0. The zero-order valence-electron chi connectivity index (χ0n) is 14.2. The van der Waals surface area contributed by atoms with E-state index in [0.29, 0.717) is 17.7 Å². The highest BCUT2D eigenvalue weighted by Gasteiger charge is 2.64. The molecule has 2 aliphatic carbocycles. The van der Waals surface area contributed by atoms with Crippen molar-refractivity contribution >= 4 is 0 Å².